The molecule has 2 aromatic rings. The molecule has 0 bridgehead atoms. The minimum absolute atomic E-state index is 0.0215. The first kappa shape index (κ1) is 25.9. The lowest BCUT2D eigenvalue weighted by molar-refractivity contribution is -0.130. The minimum Gasteiger partial charge on any atom is -0.534 e. The smallest absolute Gasteiger partial charge is 0.534 e. The van der Waals surface area contributed by atoms with E-state index in [1.54, 1.807) is 6.07 Å². The molecule has 190 valence electrons. The van der Waals surface area contributed by atoms with Crippen molar-refractivity contribution in [3.8, 4) is 5.75 Å². The number of carboxylic acids is 1. The summed E-state index contributed by atoms with van der Waals surface area (Å²) in [5.74, 6) is -3.25. The Balaban J connectivity index is 1.56. The number of benzene rings is 2. The second kappa shape index (κ2) is 10.4. The molecule has 1 saturated heterocycles. The lowest BCUT2D eigenvalue weighted by Crippen LogP contribution is -2.56. The molecule has 2 aliphatic heterocycles. The lowest BCUT2D eigenvalue weighted by Gasteiger charge is -2.30. The van der Waals surface area contributed by atoms with Crippen LogP contribution in [-0.2, 0) is 20.6 Å². The van der Waals surface area contributed by atoms with Crippen molar-refractivity contribution in [2.45, 2.75) is 37.3 Å². The van der Waals surface area contributed by atoms with Crippen LogP contribution in [0.3, 0.4) is 0 Å². The Kier molecular flexibility index (Phi) is 7.48. The average molecular weight is 517 g/mol. The van der Waals surface area contributed by atoms with Gasteiger partial charge in [0.25, 0.3) is 0 Å². The Labute approximate surface area is 206 Å². The predicted octanol–water partition coefficient (Wildman–Crippen LogP) is -0.763. The lowest BCUT2D eigenvalue weighted by atomic mass is 9.72. The number of nitrogens with one attached hydrogen (secondary N) is 3. The molecule has 1 fully saturated rings. The molecule has 0 spiro atoms. The fraction of sp³-hybridized carbons (Fsp3) is 0.318. The van der Waals surface area contributed by atoms with Crippen molar-refractivity contribution in [2.24, 2.45) is 0 Å². The summed E-state index contributed by atoms with van der Waals surface area (Å²) in [4.78, 5) is 56.3. The summed E-state index contributed by atoms with van der Waals surface area (Å²) in [6, 6.07) is 7.81. The zero-order valence-corrected chi connectivity index (χ0v) is 19.9. The molecule has 2 aliphatic rings. The molecule has 3 atom stereocenters. The van der Waals surface area contributed by atoms with Gasteiger partial charge in [-0.15, -0.1) is 0 Å². The largest absolute Gasteiger partial charge is 0.547 e. The third kappa shape index (κ3) is 5.61. The van der Waals surface area contributed by atoms with Crippen molar-refractivity contribution >= 4 is 37.8 Å². The molecule has 2 amide bonds. The summed E-state index contributed by atoms with van der Waals surface area (Å²) in [6.45, 7) is 0.662. The summed E-state index contributed by atoms with van der Waals surface area (Å²) < 4.78 is 16.9. The Bertz CT molecular complexity index is 1210. The molecule has 2 aromatic carbocycles. The van der Waals surface area contributed by atoms with Gasteiger partial charge in [-0.25, -0.2) is 4.79 Å². The number of rotatable bonds is 7. The Morgan fingerprint density at radius 2 is 1.86 bits per heavy atom. The molecule has 4 rings (SSSR count). The maximum absolute atomic E-state index is 13.3. The zero-order valence-electron chi connectivity index (χ0n) is 19.0. The molecule has 0 aliphatic carbocycles. The van der Waals surface area contributed by atoms with Crippen LogP contribution in [0.2, 0.25) is 0 Å². The van der Waals surface area contributed by atoms with Gasteiger partial charge in [-0.05, 0) is 55.1 Å². The van der Waals surface area contributed by atoms with Crippen LogP contribution < -0.4 is 25.9 Å². The molecular weight excluding hydrogens is 492 g/mol. The van der Waals surface area contributed by atoms with Gasteiger partial charge in [-0.1, -0.05) is 24.3 Å². The van der Waals surface area contributed by atoms with E-state index in [0.717, 1.165) is 6.42 Å². The van der Waals surface area contributed by atoms with Gasteiger partial charge >= 0.3 is 20.7 Å². The van der Waals surface area contributed by atoms with Crippen LogP contribution in [0.1, 0.15) is 40.4 Å². The summed E-state index contributed by atoms with van der Waals surface area (Å²) in [6.07, 6.45) is 1.47. The zero-order chi connectivity index (χ0) is 26.0. The number of fused-ring (bicyclic) bond motifs is 1. The summed E-state index contributed by atoms with van der Waals surface area (Å²) >= 11 is 0. The van der Waals surface area contributed by atoms with Crippen molar-refractivity contribution in [1.82, 2.24) is 16.0 Å². The van der Waals surface area contributed by atoms with Gasteiger partial charge in [-0.3, -0.25) is 14.2 Å². The minimum atomic E-state index is -4.51. The van der Waals surface area contributed by atoms with E-state index in [4.69, 9.17) is 4.65 Å². The molecule has 0 aromatic heterocycles. The monoisotopic (exact) mass is 517 g/mol. The second-order valence-electron chi connectivity index (χ2n) is 8.65. The number of hydrogen-bond acceptors (Lipinski definition) is 7. The molecule has 0 radical (unpaired) electrons. The van der Waals surface area contributed by atoms with E-state index in [2.05, 4.69) is 16.0 Å². The van der Waals surface area contributed by atoms with E-state index in [-0.39, 0.29) is 28.6 Å². The van der Waals surface area contributed by atoms with Crippen LogP contribution in [0.4, 0.5) is 0 Å². The fourth-order valence-electron chi connectivity index (χ4n) is 4.29. The van der Waals surface area contributed by atoms with Gasteiger partial charge < -0.3 is 40.5 Å². The predicted molar refractivity (Wildman–Crippen MR) is 128 cm³/mol. The highest BCUT2D eigenvalue weighted by atomic mass is 31.2. The normalized spacial score (nSPS) is 20.1. The van der Waals surface area contributed by atoms with Gasteiger partial charge in [0, 0.05) is 0 Å². The number of carbonyl (C=O) groups excluding carboxylic acids is 2. The second-order valence-corrected chi connectivity index (χ2v) is 10.3. The first-order valence-corrected chi connectivity index (χ1v) is 12.9. The topological polar surface area (TPSA) is 195 Å². The number of carboxylic acid groups (broad SMARTS) is 1. The number of hydrogen-bond donors (Lipinski definition) is 7. The van der Waals surface area contributed by atoms with Crippen molar-refractivity contribution in [1.29, 1.82) is 0 Å². The molecule has 1 unspecified atom stereocenters. The molecule has 12 nitrogen and oxygen atoms in total. The van der Waals surface area contributed by atoms with E-state index in [9.17, 15) is 38.9 Å². The van der Waals surface area contributed by atoms with Gasteiger partial charge in [0.15, 0.2) is 0 Å². The Morgan fingerprint density at radius 1 is 1.14 bits per heavy atom. The average Bonchev–Trinajstić information content (AvgIpc) is 3.37. The standard InChI is InChI=1S/C22H25BN3O9P/c27-20(16-5-2-10-24-16)26-18(12-6-8-14(9-7-12)36(32,33)34)21(28)25-17-11-13-3-1-4-15(22(29)30)19(13)35-23(17)31/h1,3-4,6-9,16-18,24,31H,2,5,10-11H2,(H,25,28)(H,26,27)(H,29,30)(H2,32,33,34)/t16-,17+,18?/m1/s1. The summed E-state index contributed by atoms with van der Waals surface area (Å²) in [5, 5.41) is 28.0. The molecular formula is C22H25BN3O9P. The first-order valence-electron chi connectivity index (χ1n) is 11.2. The van der Waals surface area contributed by atoms with Crippen LogP contribution in [0.5, 0.6) is 5.75 Å². The molecule has 14 heteroatoms. The number of aromatic carboxylic acids is 1. The third-order valence-electron chi connectivity index (χ3n) is 6.17. The maximum Gasteiger partial charge on any atom is 0.547 e. The quantitative estimate of drug-likeness (QED) is 0.181. The maximum atomic E-state index is 13.3. The number of para-hydroxylation sites is 1. The van der Waals surface area contributed by atoms with Gasteiger partial charge in [0.05, 0.1) is 22.9 Å². The highest BCUT2D eigenvalue weighted by Crippen LogP contribution is 2.33. The van der Waals surface area contributed by atoms with Gasteiger partial charge in [0.2, 0.25) is 11.8 Å². The van der Waals surface area contributed by atoms with Crippen LogP contribution >= 0.6 is 7.60 Å². The van der Waals surface area contributed by atoms with Crippen LogP contribution in [0.25, 0.3) is 0 Å². The van der Waals surface area contributed by atoms with Crippen molar-refractivity contribution in [3.63, 3.8) is 0 Å². The highest BCUT2D eigenvalue weighted by Gasteiger charge is 2.39. The van der Waals surface area contributed by atoms with E-state index in [1.165, 1.54) is 36.4 Å². The van der Waals surface area contributed by atoms with Crippen molar-refractivity contribution < 1.29 is 43.5 Å². The molecule has 36 heavy (non-hydrogen) atoms. The Hall–Kier alpha value is -3.22. The van der Waals surface area contributed by atoms with Crippen LogP contribution in [0.15, 0.2) is 42.5 Å². The van der Waals surface area contributed by atoms with E-state index in [0.29, 0.717) is 18.5 Å². The van der Waals surface area contributed by atoms with Crippen molar-refractivity contribution in [3.05, 3.63) is 59.2 Å². The van der Waals surface area contributed by atoms with Gasteiger partial charge in [-0.2, -0.15) is 0 Å². The number of carbonyl (C=O) groups is 3. The molecule has 2 heterocycles. The number of amides is 2. The fourth-order valence-corrected chi connectivity index (χ4v) is 4.83. The van der Waals surface area contributed by atoms with E-state index < -0.39 is 50.5 Å². The molecule has 0 saturated carbocycles. The van der Waals surface area contributed by atoms with Crippen LogP contribution in [-0.4, -0.2) is 63.3 Å². The molecule has 7 N–H and O–H groups in total. The van der Waals surface area contributed by atoms with E-state index >= 15 is 0 Å². The summed E-state index contributed by atoms with van der Waals surface area (Å²) in [5.41, 5.74) is 0.638. The van der Waals surface area contributed by atoms with Gasteiger partial charge in [0.1, 0.15) is 11.8 Å². The SMILES string of the molecule is O=C(O)c1cccc2c1OB(O)[C@@H](NC(=O)C(NC(=O)[C@H]1CCCN1)c1ccc(P(=O)(O)O)cc1)C2. The third-order valence-corrected chi connectivity index (χ3v) is 7.14. The Morgan fingerprint density at radius 3 is 2.47 bits per heavy atom. The van der Waals surface area contributed by atoms with Crippen LogP contribution in [0, 0.1) is 0 Å². The van der Waals surface area contributed by atoms with Crippen molar-refractivity contribution in [2.75, 3.05) is 6.54 Å². The van der Waals surface area contributed by atoms with E-state index in [1.807, 2.05) is 0 Å². The summed E-state index contributed by atoms with van der Waals surface area (Å²) in [7, 11) is -6.05. The highest BCUT2D eigenvalue weighted by molar-refractivity contribution is 7.60. The first-order chi connectivity index (χ1) is 17.0.